The maximum Gasteiger partial charge on any atom is 0.110 e. The van der Waals surface area contributed by atoms with E-state index >= 15 is 0 Å². The van der Waals surface area contributed by atoms with Crippen molar-refractivity contribution in [1.29, 1.82) is 0 Å². The topological polar surface area (TPSA) is 29.9 Å². The molecule has 21 heavy (non-hydrogen) atoms. The van der Waals surface area contributed by atoms with E-state index in [4.69, 9.17) is 0 Å². The molecular formula is C17H25N3S. The van der Waals surface area contributed by atoms with Gasteiger partial charge >= 0.3 is 0 Å². The first-order valence-electron chi connectivity index (χ1n) is 7.62. The molecule has 1 aromatic heterocycles. The minimum absolute atomic E-state index is 0.531. The van der Waals surface area contributed by atoms with Crippen LogP contribution < -0.4 is 5.32 Å². The molecule has 1 atom stereocenters. The number of nitrogens with zero attached hydrogens (tertiary/aromatic N) is 2. The van der Waals surface area contributed by atoms with Crippen LogP contribution in [0, 0.1) is 6.92 Å². The molecule has 2 aromatic rings. The van der Waals surface area contributed by atoms with E-state index in [1.165, 1.54) is 29.3 Å². The van der Waals surface area contributed by atoms with Crippen molar-refractivity contribution in [3.8, 4) is 5.69 Å². The van der Waals surface area contributed by atoms with Gasteiger partial charge in [-0.05, 0) is 43.9 Å². The Morgan fingerprint density at radius 2 is 2.05 bits per heavy atom. The van der Waals surface area contributed by atoms with Crippen LogP contribution in [0.5, 0.6) is 0 Å². The maximum atomic E-state index is 4.47. The van der Waals surface area contributed by atoms with Gasteiger partial charge in [0.05, 0.1) is 11.9 Å². The third-order valence-electron chi connectivity index (χ3n) is 3.56. The summed E-state index contributed by atoms with van der Waals surface area (Å²) >= 11 is 2.00. The maximum absolute atomic E-state index is 4.47. The minimum Gasteiger partial charge on any atom is -0.309 e. The molecule has 0 amide bonds. The van der Waals surface area contributed by atoms with Crippen LogP contribution in [-0.2, 0) is 6.54 Å². The number of rotatable bonds is 8. The highest BCUT2D eigenvalue weighted by molar-refractivity contribution is 7.99. The van der Waals surface area contributed by atoms with Gasteiger partial charge in [0.1, 0.15) is 5.82 Å². The van der Waals surface area contributed by atoms with Crippen LogP contribution in [0.3, 0.4) is 0 Å². The summed E-state index contributed by atoms with van der Waals surface area (Å²) in [5.41, 5.74) is 2.40. The average Bonchev–Trinajstić information content (AvgIpc) is 2.87. The van der Waals surface area contributed by atoms with Crippen LogP contribution in [0.4, 0.5) is 0 Å². The molecule has 0 aliphatic heterocycles. The van der Waals surface area contributed by atoms with Gasteiger partial charge in [-0.15, -0.1) is 0 Å². The fourth-order valence-corrected chi connectivity index (χ4v) is 3.14. The summed E-state index contributed by atoms with van der Waals surface area (Å²) < 4.78 is 2.22. The number of benzene rings is 1. The molecule has 4 heteroatoms. The molecule has 0 saturated carbocycles. The third-order valence-corrected chi connectivity index (χ3v) is 4.49. The van der Waals surface area contributed by atoms with Crippen LogP contribution in [-0.4, -0.2) is 27.1 Å². The van der Waals surface area contributed by atoms with Crippen LogP contribution in [0.15, 0.2) is 36.5 Å². The Kier molecular flexibility index (Phi) is 6.33. The van der Waals surface area contributed by atoms with Gasteiger partial charge in [-0.2, -0.15) is 11.8 Å². The summed E-state index contributed by atoms with van der Waals surface area (Å²) in [5, 5.41) is 3.61. The molecule has 0 radical (unpaired) electrons. The molecule has 1 N–H and O–H groups in total. The molecule has 0 spiro atoms. The summed E-state index contributed by atoms with van der Waals surface area (Å²) in [6.45, 7) is 7.38. The third kappa shape index (κ3) is 4.61. The van der Waals surface area contributed by atoms with Gasteiger partial charge in [-0.25, -0.2) is 4.98 Å². The van der Waals surface area contributed by atoms with Gasteiger partial charge in [-0.1, -0.05) is 25.1 Å². The molecule has 0 saturated heterocycles. The molecule has 0 aliphatic carbocycles. The Hall–Kier alpha value is -1.26. The first-order chi connectivity index (χ1) is 10.2. The van der Waals surface area contributed by atoms with E-state index < -0.39 is 0 Å². The van der Waals surface area contributed by atoms with Gasteiger partial charge in [0, 0.05) is 18.3 Å². The Morgan fingerprint density at radius 1 is 1.29 bits per heavy atom. The van der Waals surface area contributed by atoms with E-state index in [2.05, 4.69) is 59.9 Å². The zero-order valence-corrected chi connectivity index (χ0v) is 14.0. The van der Waals surface area contributed by atoms with Crippen LogP contribution in [0.1, 0.15) is 31.8 Å². The Morgan fingerprint density at radius 3 is 2.76 bits per heavy atom. The molecule has 2 rings (SSSR count). The van der Waals surface area contributed by atoms with Crippen molar-refractivity contribution < 1.29 is 0 Å². The molecular weight excluding hydrogens is 278 g/mol. The second-order valence-electron chi connectivity index (χ2n) is 5.24. The Balaban J connectivity index is 1.98. The van der Waals surface area contributed by atoms with E-state index in [0.717, 1.165) is 12.4 Å². The van der Waals surface area contributed by atoms with Crippen molar-refractivity contribution >= 4 is 11.8 Å². The van der Waals surface area contributed by atoms with Crippen molar-refractivity contribution in [1.82, 2.24) is 14.9 Å². The summed E-state index contributed by atoms with van der Waals surface area (Å²) in [6.07, 6.45) is 3.18. The first-order valence-corrected chi connectivity index (χ1v) is 8.77. The van der Waals surface area contributed by atoms with Gasteiger partial charge in [0.15, 0.2) is 0 Å². The first kappa shape index (κ1) is 16.1. The second kappa shape index (κ2) is 8.25. The zero-order valence-electron chi connectivity index (χ0n) is 13.2. The predicted octanol–water partition coefficient (Wildman–Crippen LogP) is 3.80. The largest absolute Gasteiger partial charge is 0.309 e. The number of hydrogen-bond acceptors (Lipinski definition) is 3. The lowest BCUT2D eigenvalue weighted by atomic mass is 10.2. The fraction of sp³-hybridized carbons (Fsp3) is 0.471. The lowest BCUT2D eigenvalue weighted by molar-refractivity contribution is 0.528. The van der Waals surface area contributed by atoms with E-state index in [-0.39, 0.29) is 0 Å². The lowest BCUT2D eigenvalue weighted by Gasteiger charge is -2.15. The van der Waals surface area contributed by atoms with E-state index in [1.807, 2.05) is 24.0 Å². The van der Waals surface area contributed by atoms with Crippen LogP contribution in [0.2, 0.25) is 0 Å². The number of para-hydroxylation sites is 1. The number of hydrogen-bond donors (Lipinski definition) is 1. The molecule has 1 unspecified atom stereocenters. The summed E-state index contributed by atoms with van der Waals surface area (Å²) in [5.74, 6) is 3.46. The fourth-order valence-electron chi connectivity index (χ4n) is 2.33. The van der Waals surface area contributed by atoms with Crippen molar-refractivity contribution in [2.24, 2.45) is 0 Å². The monoisotopic (exact) mass is 303 g/mol. The summed E-state index contributed by atoms with van der Waals surface area (Å²) in [7, 11) is 0. The van der Waals surface area contributed by atoms with Gasteiger partial charge in [0.2, 0.25) is 0 Å². The summed E-state index contributed by atoms with van der Waals surface area (Å²) in [6, 6.07) is 11.0. The molecule has 1 heterocycles. The van der Waals surface area contributed by atoms with Gasteiger partial charge in [-0.3, -0.25) is 4.57 Å². The normalized spacial score (nSPS) is 12.5. The molecule has 114 valence electrons. The highest BCUT2D eigenvalue weighted by Crippen LogP contribution is 2.14. The standard InChI is InChI=1S/C17H25N3S/c1-4-21-11-10-14(2)18-12-17-13-19-15(3)20(17)16-8-6-5-7-9-16/h5-9,13-14,18H,4,10-12H2,1-3H3. The number of imidazole rings is 1. The Labute approximate surface area is 132 Å². The minimum atomic E-state index is 0.531. The smallest absolute Gasteiger partial charge is 0.110 e. The number of thioether (sulfide) groups is 1. The molecule has 1 aromatic carbocycles. The SMILES string of the molecule is CCSCCC(C)NCc1cnc(C)n1-c1ccccc1. The van der Waals surface area contributed by atoms with Crippen LogP contribution in [0.25, 0.3) is 5.69 Å². The van der Waals surface area contributed by atoms with Crippen molar-refractivity contribution in [3.05, 3.63) is 48.0 Å². The molecule has 0 fully saturated rings. The quantitative estimate of drug-likeness (QED) is 0.752. The van der Waals surface area contributed by atoms with E-state index in [9.17, 15) is 0 Å². The van der Waals surface area contributed by atoms with Crippen LogP contribution >= 0.6 is 11.8 Å². The number of aromatic nitrogens is 2. The van der Waals surface area contributed by atoms with Crippen molar-refractivity contribution in [2.45, 2.75) is 39.8 Å². The number of aryl methyl sites for hydroxylation is 1. The van der Waals surface area contributed by atoms with E-state index in [0.29, 0.717) is 6.04 Å². The highest BCUT2D eigenvalue weighted by Gasteiger charge is 2.09. The van der Waals surface area contributed by atoms with Gasteiger partial charge in [0.25, 0.3) is 0 Å². The molecule has 0 bridgehead atoms. The molecule has 0 aliphatic rings. The number of nitrogens with one attached hydrogen (secondary N) is 1. The van der Waals surface area contributed by atoms with Gasteiger partial charge < -0.3 is 5.32 Å². The Bertz CT molecular complexity index is 536. The van der Waals surface area contributed by atoms with Crippen molar-refractivity contribution in [3.63, 3.8) is 0 Å². The highest BCUT2D eigenvalue weighted by atomic mass is 32.2. The predicted molar refractivity (Wildman–Crippen MR) is 92.2 cm³/mol. The second-order valence-corrected chi connectivity index (χ2v) is 6.63. The van der Waals surface area contributed by atoms with E-state index in [1.54, 1.807) is 0 Å². The zero-order chi connectivity index (χ0) is 15.1. The average molecular weight is 303 g/mol. The van der Waals surface area contributed by atoms with Crippen molar-refractivity contribution in [2.75, 3.05) is 11.5 Å². The lowest BCUT2D eigenvalue weighted by Crippen LogP contribution is -2.27. The molecule has 3 nitrogen and oxygen atoms in total. The summed E-state index contributed by atoms with van der Waals surface area (Å²) in [4.78, 5) is 4.47.